The van der Waals surface area contributed by atoms with Gasteiger partial charge in [0.05, 0.1) is 25.4 Å². The fourth-order valence-corrected chi connectivity index (χ4v) is 4.93. The summed E-state index contributed by atoms with van der Waals surface area (Å²) in [4.78, 5) is 0.918. The van der Waals surface area contributed by atoms with Crippen LogP contribution in [0, 0.1) is 0 Å². The van der Waals surface area contributed by atoms with E-state index in [0.29, 0.717) is 50.7 Å². The molecule has 5 rings (SSSR count). The number of rotatable bonds is 6. The molecule has 0 radical (unpaired) electrons. The van der Waals surface area contributed by atoms with Crippen molar-refractivity contribution in [2.24, 2.45) is 0 Å². The molecule has 1 fully saturated rings. The van der Waals surface area contributed by atoms with Gasteiger partial charge in [-0.1, -0.05) is 12.1 Å². The van der Waals surface area contributed by atoms with E-state index in [0.717, 1.165) is 28.2 Å². The number of hydrogen-bond donors (Lipinski definition) is 1. The fourth-order valence-electron chi connectivity index (χ4n) is 4.30. The Kier molecular flexibility index (Phi) is 7.01. The Balaban J connectivity index is 1.42. The van der Waals surface area contributed by atoms with E-state index in [2.05, 4.69) is 14.9 Å². The number of halogens is 3. The van der Waals surface area contributed by atoms with Gasteiger partial charge in [-0.05, 0) is 54.8 Å². The lowest BCUT2D eigenvalue weighted by atomic mass is 9.85. The molecule has 10 heteroatoms. The molecule has 1 unspecified atom stereocenters. The Morgan fingerprint density at radius 3 is 2.57 bits per heavy atom. The van der Waals surface area contributed by atoms with E-state index in [-0.39, 0.29) is 17.8 Å². The lowest BCUT2D eigenvalue weighted by Crippen LogP contribution is -2.27. The van der Waals surface area contributed by atoms with E-state index >= 15 is 0 Å². The lowest BCUT2D eigenvalue weighted by Gasteiger charge is -2.30. The van der Waals surface area contributed by atoms with Crippen LogP contribution in [0.2, 0.25) is 0 Å². The molecule has 0 aliphatic carbocycles. The average Bonchev–Trinajstić information content (AvgIpc) is 2.88. The van der Waals surface area contributed by atoms with Crippen LogP contribution in [0.15, 0.2) is 59.6 Å². The summed E-state index contributed by atoms with van der Waals surface area (Å²) in [5.41, 5.74) is 0.959. The molecule has 2 aromatic carbocycles. The Bertz CT molecular complexity index is 1160. The van der Waals surface area contributed by atoms with Gasteiger partial charge in [0.2, 0.25) is 0 Å². The van der Waals surface area contributed by atoms with Gasteiger partial charge in [0.1, 0.15) is 17.6 Å². The number of benzene rings is 2. The summed E-state index contributed by atoms with van der Waals surface area (Å²) in [5, 5.41) is 7.84. The topological polar surface area (TPSA) is 65.5 Å². The highest BCUT2D eigenvalue weighted by molar-refractivity contribution is 8.00. The molecule has 3 heterocycles. The molecule has 2 aliphatic heterocycles. The maximum atomic E-state index is 13.5. The Labute approximate surface area is 205 Å². The van der Waals surface area contributed by atoms with Crippen LogP contribution in [-0.4, -0.2) is 36.1 Å². The van der Waals surface area contributed by atoms with E-state index < -0.39 is 11.7 Å². The summed E-state index contributed by atoms with van der Waals surface area (Å²) in [6.45, 7) is 1.55. The zero-order chi connectivity index (χ0) is 24.3. The van der Waals surface area contributed by atoms with Crippen LogP contribution < -0.4 is 14.2 Å². The van der Waals surface area contributed by atoms with Gasteiger partial charge >= 0.3 is 6.18 Å². The monoisotopic (exact) mass is 503 g/mol. The first-order valence-electron chi connectivity index (χ1n) is 11.4. The molecule has 0 bridgehead atoms. The number of nitrogens with zero attached hydrogens (tertiary/aromatic N) is 2. The maximum Gasteiger partial charge on any atom is 0.416 e. The lowest BCUT2D eigenvalue weighted by molar-refractivity contribution is -0.137. The second-order valence-corrected chi connectivity index (χ2v) is 9.26. The summed E-state index contributed by atoms with van der Waals surface area (Å²) in [6, 6.07) is 13.3. The highest BCUT2D eigenvalue weighted by Gasteiger charge is 2.34. The molecule has 0 amide bonds. The third-order valence-corrected chi connectivity index (χ3v) is 6.85. The first-order valence-corrected chi connectivity index (χ1v) is 12.2. The SMILES string of the molecule is FC(F)(F)c1ccc(C2CCOc3cc(SNc4cccnn4)ccc32)c(OC2CCOCC2)c1. The second kappa shape index (κ2) is 10.3. The summed E-state index contributed by atoms with van der Waals surface area (Å²) >= 11 is 1.38. The Morgan fingerprint density at radius 1 is 0.971 bits per heavy atom. The van der Waals surface area contributed by atoms with E-state index in [1.807, 2.05) is 24.3 Å². The van der Waals surface area contributed by atoms with Gasteiger partial charge in [0.25, 0.3) is 0 Å². The molecule has 3 aromatic rings. The molecule has 1 atom stereocenters. The quantitative estimate of drug-likeness (QED) is 0.409. The molecule has 0 saturated carbocycles. The first kappa shape index (κ1) is 23.7. The molecule has 1 N–H and O–H groups in total. The van der Waals surface area contributed by atoms with Crippen molar-refractivity contribution in [3.63, 3.8) is 0 Å². The predicted octanol–water partition coefficient (Wildman–Crippen LogP) is 6.09. The normalized spacial score (nSPS) is 18.4. The largest absolute Gasteiger partial charge is 0.493 e. The minimum absolute atomic E-state index is 0.136. The molecule has 1 aromatic heterocycles. The Hall–Kier alpha value is -2.98. The molecule has 6 nitrogen and oxygen atoms in total. The summed E-state index contributed by atoms with van der Waals surface area (Å²) < 4.78 is 61.1. The van der Waals surface area contributed by atoms with Crippen LogP contribution in [-0.2, 0) is 10.9 Å². The molecule has 0 spiro atoms. The molecular formula is C25H24F3N3O3S. The van der Waals surface area contributed by atoms with Crippen molar-refractivity contribution in [3.8, 4) is 11.5 Å². The van der Waals surface area contributed by atoms with Crippen LogP contribution in [0.4, 0.5) is 19.0 Å². The van der Waals surface area contributed by atoms with Crippen molar-refractivity contribution in [2.75, 3.05) is 24.5 Å². The fraction of sp³-hybridized carbons (Fsp3) is 0.360. The van der Waals surface area contributed by atoms with Crippen molar-refractivity contribution in [2.45, 2.75) is 42.4 Å². The maximum absolute atomic E-state index is 13.5. The highest BCUT2D eigenvalue weighted by atomic mass is 32.2. The number of aromatic nitrogens is 2. The average molecular weight is 504 g/mol. The van der Waals surface area contributed by atoms with E-state index in [9.17, 15) is 13.2 Å². The smallest absolute Gasteiger partial charge is 0.416 e. The third-order valence-electron chi connectivity index (χ3n) is 6.05. The van der Waals surface area contributed by atoms with E-state index in [1.165, 1.54) is 11.9 Å². The Morgan fingerprint density at radius 2 is 1.80 bits per heavy atom. The molecule has 184 valence electrons. The van der Waals surface area contributed by atoms with Crippen LogP contribution in [0.3, 0.4) is 0 Å². The van der Waals surface area contributed by atoms with E-state index in [1.54, 1.807) is 18.3 Å². The molecular weight excluding hydrogens is 479 g/mol. The zero-order valence-corrected chi connectivity index (χ0v) is 19.6. The van der Waals surface area contributed by atoms with Crippen molar-refractivity contribution in [3.05, 3.63) is 71.4 Å². The molecule has 2 aliphatic rings. The van der Waals surface area contributed by atoms with Crippen molar-refractivity contribution >= 4 is 17.8 Å². The third kappa shape index (κ3) is 5.65. The summed E-state index contributed by atoms with van der Waals surface area (Å²) in [6.07, 6.45) is -1.06. The number of anilines is 1. The summed E-state index contributed by atoms with van der Waals surface area (Å²) in [7, 11) is 0. The zero-order valence-electron chi connectivity index (χ0n) is 18.8. The molecule has 35 heavy (non-hydrogen) atoms. The number of ether oxygens (including phenoxy) is 3. The van der Waals surface area contributed by atoms with Gasteiger partial charge < -0.3 is 18.9 Å². The standard InChI is InChI=1S/C25H24F3N3O3S/c26-25(27,28)16-3-5-21(23(14-16)34-17-7-11-32-12-8-17)19-9-13-33-22-15-18(4-6-20(19)22)35-31-24-2-1-10-29-30-24/h1-6,10,14-15,17,19H,7-9,11-13H2,(H,30,31). The van der Waals surface area contributed by atoms with Crippen molar-refractivity contribution < 1.29 is 27.4 Å². The number of nitrogens with one attached hydrogen (secondary N) is 1. The predicted molar refractivity (Wildman–Crippen MR) is 126 cm³/mol. The van der Waals surface area contributed by atoms with Gasteiger partial charge in [-0.15, -0.1) is 5.10 Å². The van der Waals surface area contributed by atoms with Gasteiger partial charge in [-0.3, -0.25) is 0 Å². The van der Waals surface area contributed by atoms with Crippen LogP contribution in [0.5, 0.6) is 11.5 Å². The highest BCUT2D eigenvalue weighted by Crippen LogP contribution is 2.45. The van der Waals surface area contributed by atoms with E-state index in [4.69, 9.17) is 14.2 Å². The summed E-state index contributed by atoms with van der Waals surface area (Å²) in [5.74, 6) is 1.49. The van der Waals surface area contributed by atoms with Crippen molar-refractivity contribution in [1.82, 2.24) is 10.2 Å². The van der Waals surface area contributed by atoms with Crippen LogP contribution in [0.25, 0.3) is 0 Å². The van der Waals surface area contributed by atoms with Crippen LogP contribution >= 0.6 is 11.9 Å². The minimum atomic E-state index is -4.44. The molecule has 1 saturated heterocycles. The number of hydrogen-bond acceptors (Lipinski definition) is 7. The number of fused-ring (bicyclic) bond motifs is 1. The first-order chi connectivity index (χ1) is 17.0. The van der Waals surface area contributed by atoms with Gasteiger partial charge in [-0.25, -0.2) is 0 Å². The second-order valence-electron chi connectivity index (χ2n) is 8.38. The minimum Gasteiger partial charge on any atom is -0.493 e. The van der Waals surface area contributed by atoms with Crippen molar-refractivity contribution in [1.29, 1.82) is 0 Å². The van der Waals surface area contributed by atoms with Crippen LogP contribution in [0.1, 0.15) is 41.9 Å². The van der Waals surface area contributed by atoms with Gasteiger partial charge in [0.15, 0.2) is 5.82 Å². The van der Waals surface area contributed by atoms with Gasteiger partial charge in [0, 0.05) is 41.0 Å². The van der Waals surface area contributed by atoms with Gasteiger partial charge in [-0.2, -0.15) is 18.3 Å². The number of alkyl halides is 3.